The van der Waals surface area contributed by atoms with E-state index in [-0.39, 0.29) is 16.4 Å². The molecule has 0 atom stereocenters. The first-order valence-corrected chi connectivity index (χ1v) is 8.39. The first-order chi connectivity index (χ1) is 10.8. The lowest BCUT2D eigenvalue weighted by Gasteiger charge is -2.20. The second kappa shape index (κ2) is 6.80. The van der Waals surface area contributed by atoms with Crippen molar-refractivity contribution in [2.24, 2.45) is 0 Å². The number of nitrogens with zero attached hydrogens (tertiary/aromatic N) is 2. The lowest BCUT2D eigenvalue weighted by Crippen LogP contribution is -2.39. The molecule has 0 heterocycles. The Morgan fingerprint density at radius 1 is 0.957 bits per heavy atom. The minimum Gasteiger partial charge on any atom is -0.288 e. The summed E-state index contributed by atoms with van der Waals surface area (Å²) in [5.41, 5.74) is 3.80. The van der Waals surface area contributed by atoms with Crippen LogP contribution >= 0.6 is 0 Å². The quantitative estimate of drug-likeness (QED) is 0.846. The number of sulfonamides is 1. The number of benzene rings is 2. The van der Waals surface area contributed by atoms with Crippen LogP contribution in [-0.2, 0) is 10.0 Å². The molecule has 0 aliphatic heterocycles. The monoisotopic (exact) mass is 333 g/mol. The first-order valence-electron chi connectivity index (χ1n) is 6.95. The van der Waals surface area contributed by atoms with Crippen LogP contribution in [0.3, 0.4) is 0 Å². The van der Waals surface area contributed by atoms with E-state index >= 15 is 0 Å². The molecular formula is C16H19N3O3S. The molecule has 0 aliphatic carbocycles. The number of carbonyl (C=O) groups is 1. The molecule has 122 valence electrons. The molecule has 6 nitrogen and oxygen atoms in total. The minimum atomic E-state index is -3.57. The lowest BCUT2D eigenvalue weighted by molar-refractivity contribution is 0.0951. The number of hydrazine groups is 1. The molecule has 0 fully saturated rings. The van der Waals surface area contributed by atoms with E-state index in [1.54, 1.807) is 24.2 Å². The molecule has 2 rings (SSSR count). The fraction of sp³-hybridized carbons (Fsp3) is 0.188. The average molecular weight is 333 g/mol. The van der Waals surface area contributed by atoms with Crippen LogP contribution in [0.1, 0.15) is 10.4 Å². The molecule has 0 saturated carbocycles. The van der Waals surface area contributed by atoms with Gasteiger partial charge in [-0.15, -0.1) is 0 Å². The molecule has 7 heteroatoms. The zero-order valence-corrected chi connectivity index (χ0v) is 14.0. The van der Waals surface area contributed by atoms with Crippen molar-refractivity contribution in [2.75, 3.05) is 26.2 Å². The third kappa shape index (κ3) is 3.88. The maximum atomic E-state index is 12.3. The fourth-order valence-electron chi connectivity index (χ4n) is 1.94. The van der Waals surface area contributed by atoms with Crippen LogP contribution in [0.5, 0.6) is 0 Å². The van der Waals surface area contributed by atoms with E-state index in [1.165, 1.54) is 26.2 Å². The van der Waals surface area contributed by atoms with Crippen LogP contribution in [0, 0.1) is 0 Å². The van der Waals surface area contributed by atoms with Gasteiger partial charge in [0.1, 0.15) is 0 Å². The highest BCUT2D eigenvalue weighted by molar-refractivity contribution is 7.89. The van der Waals surface area contributed by atoms with Gasteiger partial charge in [-0.05, 0) is 30.3 Å². The SMILES string of the molecule is CN(NC(=O)c1cccc(S(=O)(=O)N(C)C)c1)c1ccccc1. The van der Waals surface area contributed by atoms with Crippen LogP contribution in [0.2, 0.25) is 0 Å². The summed E-state index contributed by atoms with van der Waals surface area (Å²) in [5.74, 6) is -0.382. The molecule has 0 bridgehead atoms. The summed E-state index contributed by atoms with van der Waals surface area (Å²) in [4.78, 5) is 12.4. The van der Waals surface area contributed by atoms with Gasteiger partial charge >= 0.3 is 0 Å². The smallest absolute Gasteiger partial charge is 0.269 e. The van der Waals surface area contributed by atoms with Gasteiger partial charge in [0.2, 0.25) is 10.0 Å². The van der Waals surface area contributed by atoms with Crippen LogP contribution in [0.25, 0.3) is 0 Å². The summed E-state index contributed by atoms with van der Waals surface area (Å²) in [6.07, 6.45) is 0. The summed E-state index contributed by atoms with van der Waals surface area (Å²) in [7, 11) is 1.04. The second-order valence-corrected chi connectivity index (χ2v) is 7.30. The van der Waals surface area contributed by atoms with E-state index in [2.05, 4.69) is 5.43 Å². The Hall–Kier alpha value is -2.38. The van der Waals surface area contributed by atoms with E-state index in [0.717, 1.165) is 9.99 Å². The Labute approximate surface area is 136 Å². The highest BCUT2D eigenvalue weighted by Gasteiger charge is 2.19. The van der Waals surface area contributed by atoms with Crippen LogP contribution in [-0.4, -0.2) is 39.8 Å². The number of hydrogen-bond acceptors (Lipinski definition) is 4. The highest BCUT2D eigenvalue weighted by Crippen LogP contribution is 2.15. The van der Waals surface area contributed by atoms with Crippen molar-refractivity contribution in [3.8, 4) is 0 Å². The molecule has 0 saturated heterocycles. The molecule has 2 aromatic rings. The minimum absolute atomic E-state index is 0.0810. The number of anilines is 1. The number of nitrogens with one attached hydrogen (secondary N) is 1. The van der Waals surface area contributed by atoms with Gasteiger partial charge in [0.25, 0.3) is 5.91 Å². The fourth-order valence-corrected chi connectivity index (χ4v) is 2.89. The average Bonchev–Trinajstić information content (AvgIpc) is 2.55. The first kappa shape index (κ1) is 17.0. The van der Waals surface area contributed by atoms with Crippen molar-refractivity contribution in [1.82, 2.24) is 9.73 Å². The number of hydrogen-bond donors (Lipinski definition) is 1. The van der Waals surface area contributed by atoms with Crippen molar-refractivity contribution in [2.45, 2.75) is 4.90 Å². The van der Waals surface area contributed by atoms with E-state index in [1.807, 2.05) is 30.3 Å². The van der Waals surface area contributed by atoms with Gasteiger partial charge in [-0.2, -0.15) is 0 Å². The van der Waals surface area contributed by atoms with Crippen molar-refractivity contribution < 1.29 is 13.2 Å². The van der Waals surface area contributed by atoms with Crippen molar-refractivity contribution in [1.29, 1.82) is 0 Å². The summed E-state index contributed by atoms with van der Waals surface area (Å²) >= 11 is 0. The Kier molecular flexibility index (Phi) is 5.02. The molecule has 0 aliphatic rings. The summed E-state index contributed by atoms with van der Waals surface area (Å²) < 4.78 is 25.4. The zero-order chi connectivity index (χ0) is 17.0. The number of para-hydroxylation sites is 1. The van der Waals surface area contributed by atoms with Crippen LogP contribution in [0.4, 0.5) is 5.69 Å². The third-order valence-electron chi connectivity index (χ3n) is 3.29. The maximum Gasteiger partial charge on any atom is 0.269 e. The predicted octanol–water partition coefficient (Wildman–Crippen LogP) is 1.72. The Morgan fingerprint density at radius 2 is 1.61 bits per heavy atom. The van der Waals surface area contributed by atoms with Gasteiger partial charge in [0, 0.05) is 26.7 Å². The van der Waals surface area contributed by atoms with E-state index in [9.17, 15) is 13.2 Å². The molecule has 0 aromatic heterocycles. The zero-order valence-electron chi connectivity index (χ0n) is 13.2. The summed E-state index contributed by atoms with van der Waals surface area (Å²) in [6, 6.07) is 15.3. The van der Waals surface area contributed by atoms with Gasteiger partial charge in [-0.3, -0.25) is 15.2 Å². The summed E-state index contributed by atoms with van der Waals surface area (Å²) in [6.45, 7) is 0. The van der Waals surface area contributed by atoms with Gasteiger partial charge in [-0.25, -0.2) is 12.7 Å². The van der Waals surface area contributed by atoms with E-state index in [0.29, 0.717) is 0 Å². The molecule has 1 N–H and O–H groups in total. The van der Waals surface area contributed by atoms with Crippen molar-refractivity contribution in [3.05, 3.63) is 60.2 Å². The van der Waals surface area contributed by atoms with Crippen molar-refractivity contribution >= 4 is 21.6 Å². The molecule has 23 heavy (non-hydrogen) atoms. The van der Waals surface area contributed by atoms with Gasteiger partial charge < -0.3 is 0 Å². The Balaban J connectivity index is 2.21. The Bertz CT molecular complexity index is 789. The molecular weight excluding hydrogens is 314 g/mol. The van der Waals surface area contributed by atoms with Gasteiger partial charge in [-0.1, -0.05) is 24.3 Å². The molecule has 0 radical (unpaired) electrons. The molecule has 0 spiro atoms. The topological polar surface area (TPSA) is 69.7 Å². The Morgan fingerprint density at radius 3 is 2.22 bits per heavy atom. The number of carbonyl (C=O) groups excluding carboxylic acids is 1. The predicted molar refractivity (Wildman–Crippen MR) is 89.6 cm³/mol. The maximum absolute atomic E-state index is 12.3. The van der Waals surface area contributed by atoms with E-state index < -0.39 is 10.0 Å². The normalized spacial score (nSPS) is 11.3. The largest absolute Gasteiger partial charge is 0.288 e. The van der Waals surface area contributed by atoms with Crippen LogP contribution < -0.4 is 10.4 Å². The highest BCUT2D eigenvalue weighted by atomic mass is 32.2. The van der Waals surface area contributed by atoms with Crippen LogP contribution in [0.15, 0.2) is 59.5 Å². The van der Waals surface area contributed by atoms with Crippen molar-refractivity contribution in [3.63, 3.8) is 0 Å². The molecule has 1 amide bonds. The standard InChI is InChI=1S/C16H19N3O3S/c1-18(2)23(21,22)15-11-7-8-13(12-15)16(20)17-19(3)14-9-5-4-6-10-14/h4-12H,1-3H3,(H,17,20). The van der Waals surface area contributed by atoms with Gasteiger partial charge in [0.05, 0.1) is 10.6 Å². The molecule has 0 unspecified atom stereocenters. The third-order valence-corrected chi connectivity index (χ3v) is 5.10. The second-order valence-electron chi connectivity index (χ2n) is 5.15. The number of amides is 1. The van der Waals surface area contributed by atoms with Gasteiger partial charge in [0.15, 0.2) is 0 Å². The lowest BCUT2D eigenvalue weighted by atomic mass is 10.2. The summed E-state index contributed by atoms with van der Waals surface area (Å²) in [5, 5.41) is 1.58. The molecule has 2 aromatic carbocycles. The van der Waals surface area contributed by atoms with E-state index in [4.69, 9.17) is 0 Å². The number of rotatable bonds is 5.